The van der Waals surface area contributed by atoms with Gasteiger partial charge >= 0.3 is 0 Å². The third kappa shape index (κ3) is 4.80. The molecule has 0 amide bonds. The summed E-state index contributed by atoms with van der Waals surface area (Å²) >= 11 is 0. The van der Waals surface area contributed by atoms with Crippen LogP contribution >= 0.6 is 0 Å². The van der Waals surface area contributed by atoms with Crippen molar-refractivity contribution in [1.82, 2.24) is 25.1 Å². The summed E-state index contributed by atoms with van der Waals surface area (Å²) in [6.45, 7) is 7.88. The molecule has 32 heavy (non-hydrogen) atoms. The summed E-state index contributed by atoms with van der Waals surface area (Å²) in [5, 5.41) is 22.7. The molecule has 0 radical (unpaired) electrons. The number of aromatic hydroxyl groups is 1. The molecule has 1 aliphatic rings. The number of nitrogens with zero attached hydrogens (tertiary/aromatic N) is 6. The third-order valence-electron chi connectivity index (χ3n) is 6.03. The van der Waals surface area contributed by atoms with Crippen molar-refractivity contribution in [2.24, 2.45) is 0 Å². The van der Waals surface area contributed by atoms with Gasteiger partial charge in [0.2, 0.25) is 0 Å². The highest BCUT2D eigenvalue weighted by molar-refractivity contribution is 5.94. The van der Waals surface area contributed by atoms with Crippen LogP contribution in [0.4, 0.5) is 5.69 Å². The Balaban J connectivity index is 1.55. The molecule has 1 atom stereocenters. The average molecular weight is 435 g/mol. The number of ketones is 1. The van der Waals surface area contributed by atoms with Crippen LogP contribution in [0.3, 0.4) is 0 Å². The lowest BCUT2D eigenvalue weighted by Gasteiger charge is -2.40. The molecule has 4 rings (SSSR count). The lowest BCUT2D eigenvalue weighted by atomic mass is 10.0. The first-order valence-corrected chi connectivity index (χ1v) is 11.2. The summed E-state index contributed by atoms with van der Waals surface area (Å²) in [5.74, 6) is 1.13. The number of piperazine rings is 1. The quantitative estimate of drug-likeness (QED) is 0.544. The largest absolute Gasteiger partial charge is 0.508 e. The van der Waals surface area contributed by atoms with Crippen molar-refractivity contribution in [3.63, 3.8) is 0 Å². The van der Waals surface area contributed by atoms with Gasteiger partial charge in [-0.2, -0.15) is 0 Å². The number of carbonyl (C=O) groups excluding carboxylic acids is 1. The molecule has 8 heteroatoms. The van der Waals surface area contributed by atoms with Gasteiger partial charge < -0.3 is 10.0 Å². The number of aromatic nitrogens is 4. The van der Waals surface area contributed by atoms with Gasteiger partial charge in [0.25, 0.3) is 0 Å². The van der Waals surface area contributed by atoms with Crippen molar-refractivity contribution in [3.8, 4) is 5.75 Å². The van der Waals surface area contributed by atoms with Gasteiger partial charge in [-0.1, -0.05) is 25.5 Å². The Morgan fingerprint density at radius 1 is 1.09 bits per heavy atom. The first-order valence-electron chi connectivity index (χ1n) is 11.2. The highest BCUT2D eigenvalue weighted by Crippen LogP contribution is 2.31. The smallest absolute Gasteiger partial charge is 0.173 e. The number of phenols is 1. The van der Waals surface area contributed by atoms with Crippen molar-refractivity contribution in [1.29, 1.82) is 0 Å². The molecule has 1 aliphatic heterocycles. The standard InChI is InChI=1S/C24H30N6O2/c1-3-4-12-30-24(25-26-27-30)23(20-6-5-7-22(32)17-20)29-15-13-28(14-16-29)21-10-8-19(9-11-21)18(2)31/h5-11,17,23,32H,3-4,12-16H2,1-2H3. The van der Waals surface area contributed by atoms with E-state index in [1.165, 1.54) is 0 Å². The normalized spacial score (nSPS) is 15.6. The van der Waals surface area contributed by atoms with E-state index in [-0.39, 0.29) is 17.6 Å². The van der Waals surface area contributed by atoms with Gasteiger partial charge in [0.1, 0.15) is 5.75 Å². The second-order valence-corrected chi connectivity index (χ2v) is 8.24. The summed E-state index contributed by atoms with van der Waals surface area (Å²) in [7, 11) is 0. The molecule has 0 aliphatic carbocycles. The van der Waals surface area contributed by atoms with E-state index in [9.17, 15) is 9.90 Å². The third-order valence-corrected chi connectivity index (χ3v) is 6.03. The van der Waals surface area contributed by atoms with Crippen LogP contribution in [0.2, 0.25) is 0 Å². The second kappa shape index (κ2) is 9.91. The molecule has 1 fully saturated rings. The van der Waals surface area contributed by atoms with Crippen LogP contribution in [0.1, 0.15) is 54.5 Å². The fraction of sp³-hybridized carbons (Fsp3) is 0.417. The zero-order valence-corrected chi connectivity index (χ0v) is 18.7. The lowest BCUT2D eigenvalue weighted by molar-refractivity contribution is 0.101. The molecule has 2 heterocycles. The monoisotopic (exact) mass is 434 g/mol. The van der Waals surface area contributed by atoms with E-state index in [2.05, 4.69) is 32.2 Å². The number of rotatable bonds is 8. The molecule has 8 nitrogen and oxygen atoms in total. The van der Waals surface area contributed by atoms with Gasteiger partial charge in [0.15, 0.2) is 11.6 Å². The van der Waals surface area contributed by atoms with E-state index in [1.54, 1.807) is 19.1 Å². The summed E-state index contributed by atoms with van der Waals surface area (Å²) in [5.41, 5.74) is 2.84. The predicted octanol–water partition coefficient (Wildman–Crippen LogP) is 3.29. The van der Waals surface area contributed by atoms with Gasteiger partial charge in [-0.05, 0) is 65.7 Å². The van der Waals surface area contributed by atoms with Crippen LogP contribution in [0.15, 0.2) is 48.5 Å². The fourth-order valence-electron chi connectivity index (χ4n) is 4.24. The van der Waals surface area contributed by atoms with Gasteiger partial charge in [0, 0.05) is 44.0 Å². The van der Waals surface area contributed by atoms with Crippen molar-refractivity contribution in [2.75, 3.05) is 31.1 Å². The van der Waals surface area contributed by atoms with Gasteiger partial charge in [-0.25, -0.2) is 4.68 Å². The molecule has 1 unspecified atom stereocenters. The molecule has 2 aromatic carbocycles. The fourth-order valence-corrected chi connectivity index (χ4v) is 4.24. The Morgan fingerprint density at radius 2 is 1.84 bits per heavy atom. The maximum atomic E-state index is 11.6. The van der Waals surface area contributed by atoms with Crippen molar-refractivity contribution >= 4 is 11.5 Å². The van der Waals surface area contributed by atoms with Crippen LogP contribution in [0.25, 0.3) is 0 Å². The molecule has 0 spiro atoms. The Morgan fingerprint density at radius 3 is 2.50 bits per heavy atom. The predicted molar refractivity (Wildman–Crippen MR) is 123 cm³/mol. The highest BCUT2D eigenvalue weighted by atomic mass is 16.3. The number of tetrazole rings is 1. The maximum absolute atomic E-state index is 11.6. The lowest BCUT2D eigenvalue weighted by Crippen LogP contribution is -2.48. The number of anilines is 1. The van der Waals surface area contributed by atoms with Crippen LogP contribution in [0, 0.1) is 0 Å². The molecule has 1 aromatic heterocycles. The average Bonchev–Trinajstić information content (AvgIpc) is 3.26. The van der Waals surface area contributed by atoms with E-state index in [0.29, 0.717) is 0 Å². The summed E-state index contributed by atoms with van der Waals surface area (Å²) in [4.78, 5) is 16.3. The van der Waals surface area contributed by atoms with Crippen LogP contribution in [-0.4, -0.2) is 62.2 Å². The van der Waals surface area contributed by atoms with Crippen LogP contribution in [-0.2, 0) is 6.54 Å². The van der Waals surface area contributed by atoms with Gasteiger partial charge in [-0.3, -0.25) is 9.69 Å². The van der Waals surface area contributed by atoms with E-state index in [0.717, 1.165) is 68.2 Å². The SMILES string of the molecule is CCCCn1nnnc1C(c1cccc(O)c1)N1CCN(c2ccc(C(C)=O)cc2)CC1. The zero-order valence-electron chi connectivity index (χ0n) is 18.7. The first-order chi connectivity index (χ1) is 15.6. The van der Waals surface area contributed by atoms with E-state index < -0.39 is 0 Å². The van der Waals surface area contributed by atoms with Crippen LogP contribution < -0.4 is 4.90 Å². The molecule has 1 saturated heterocycles. The van der Waals surface area contributed by atoms with Gasteiger partial charge in [0.05, 0.1) is 6.04 Å². The highest BCUT2D eigenvalue weighted by Gasteiger charge is 2.30. The Kier molecular flexibility index (Phi) is 6.80. The Hall–Kier alpha value is -3.26. The van der Waals surface area contributed by atoms with Gasteiger partial charge in [-0.15, -0.1) is 5.10 Å². The molecule has 168 valence electrons. The molecular weight excluding hydrogens is 404 g/mol. The first kappa shape index (κ1) is 22.0. The number of hydrogen-bond acceptors (Lipinski definition) is 7. The summed E-state index contributed by atoms with van der Waals surface area (Å²) in [6, 6.07) is 15.1. The van der Waals surface area contributed by atoms with E-state index >= 15 is 0 Å². The van der Waals surface area contributed by atoms with Crippen molar-refractivity contribution in [2.45, 2.75) is 39.3 Å². The van der Waals surface area contributed by atoms with E-state index in [4.69, 9.17) is 0 Å². The maximum Gasteiger partial charge on any atom is 0.173 e. The summed E-state index contributed by atoms with van der Waals surface area (Å²) < 4.78 is 1.89. The van der Waals surface area contributed by atoms with E-state index in [1.807, 2.05) is 41.1 Å². The molecule has 3 aromatic rings. The molecular formula is C24H30N6O2. The number of hydrogen-bond donors (Lipinski definition) is 1. The van der Waals surface area contributed by atoms with Crippen LogP contribution in [0.5, 0.6) is 5.75 Å². The topological polar surface area (TPSA) is 87.4 Å². The van der Waals surface area contributed by atoms with Crippen molar-refractivity contribution < 1.29 is 9.90 Å². The molecule has 1 N–H and O–H groups in total. The Bertz CT molecular complexity index is 1040. The minimum absolute atomic E-state index is 0.0797. The number of unbranched alkanes of at least 4 members (excludes halogenated alkanes) is 1. The summed E-state index contributed by atoms with van der Waals surface area (Å²) in [6.07, 6.45) is 2.08. The number of Topliss-reactive ketones (excluding diaryl/α,β-unsaturated/α-hetero) is 1. The molecule has 0 bridgehead atoms. The van der Waals surface area contributed by atoms with Crippen molar-refractivity contribution in [3.05, 3.63) is 65.5 Å². The number of carbonyl (C=O) groups is 1. The molecule has 0 saturated carbocycles. The number of benzene rings is 2. The minimum Gasteiger partial charge on any atom is -0.508 e. The minimum atomic E-state index is -0.129. The number of aryl methyl sites for hydroxylation is 1. The Labute approximate surface area is 188 Å². The zero-order chi connectivity index (χ0) is 22.5. The second-order valence-electron chi connectivity index (χ2n) is 8.24. The number of phenolic OH excluding ortho intramolecular Hbond substituents is 1.